The molecule has 0 aliphatic carbocycles. The van der Waals surface area contributed by atoms with Crippen LogP contribution in [0.3, 0.4) is 0 Å². The highest BCUT2D eigenvalue weighted by molar-refractivity contribution is 6.41. The number of hydrogen-bond acceptors (Lipinski definition) is 18. The lowest BCUT2D eigenvalue weighted by molar-refractivity contribution is -0.117. The Labute approximate surface area is 788 Å². The summed E-state index contributed by atoms with van der Waals surface area (Å²) in [6.07, 6.45) is 6.23. The first kappa shape index (κ1) is 88.7. The summed E-state index contributed by atoms with van der Waals surface area (Å²) >= 11 is 34.0. The zero-order valence-electron chi connectivity index (χ0n) is 71.8. The van der Waals surface area contributed by atoms with Gasteiger partial charge in [-0.05, 0) is 38.3 Å². The van der Waals surface area contributed by atoms with Crippen molar-refractivity contribution in [3.05, 3.63) is 359 Å². The second kappa shape index (κ2) is 41.5. The molecule has 656 valence electrons. The number of rotatable bonds is 20. The smallest absolute Gasteiger partial charge is 0.182 e. The summed E-state index contributed by atoms with van der Waals surface area (Å²) in [5, 5.41) is 74.2. The SMILES string of the molecule is CC(=O)CCn1nc(-c2ccccc2)c2c(Cl)c(-c3ccccc3)nnc21.CCn1nc(-c2ccccc2)c2c(Cl)c(-c3ccccc3)nnc21.Clc1c(-c2ccccc2)nnc2c1c(-c1ccccc1)nn2C[C@H]1CCCO1.Clc1c(-c2ccccc2)nnc2c1c(-c1ccccc1)nn2Cc1cccnc1.FCCn1nc(-c2ccccc2)c2c(Cl)c(-c3ccccc3)nnc21. The molecule has 12 heterocycles. The molecule has 10 aromatic carbocycles. The summed E-state index contributed by atoms with van der Waals surface area (Å²) in [5.74, 6) is 0.0971. The van der Waals surface area contributed by atoms with Crippen LogP contribution in [-0.4, -0.2) is 130 Å². The molecule has 0 radical (unpaired) electrons. The van der Waals surface area contributed by atoms with Gasteiger partial charge < -0.3 is 4.74 Å². The normalized spacial score (nSPS) is 12.3. The molecule has 0 unspecified atom stereocenters. The largest absolute Gasteiger partial charge is 0.376 e. The average Bonchev–Trinajstić information content (AvgIpc) is 1.63. The van der Waals surface area contributed by atoms with Crippen LogP contribution in [0.4, 0.5) is 4.39 Å². The van der Waals surface area contributed by atoms with E-state index in [4.69, 9.17) is 83.1 Å². The number of carbonyl (C=O) groups is 1. The third-order valence-electron chi connectivity index (χ3n) is 22.2. The van der Waals surface area contributed by atoms with Crippen LogP contribution >= 0.6 is 58.0 Å². The molecule has 1 saturated heterocycles. The van der Waals surface area contributed by atoms with Gasteiger partial charge in [0.2, 0.25) is 0 Å². The highest BCUT2D eigenvalue weighted by atomic mass is 35.5. The van der Waals surface area contributed by atoms with E-state index in [0.717, 1.165) is 125 Å². The quantitative estimate of drug-likeness (QED) is 0.0687. The van der Waals surface area contributed by atoms with Crippen LogP contribution in [0.2, 0.25) is 25.1 Å². The summed E-state index contributed by atoms with van der Waals surface area (Å²) in [7, 11) is 0. The van der Waals surface area contributed by atoms with E-state index in [9.17, 15) is 9.18 Å². The number of benzene rings is 10. The van der Waals surface area contributed by atoms with E-state index in [1.807, 2.05) is 343 Å². The number of aromatic nitrogens is 21. The number of pyridine rings is 1. The molecule has 0 bridgehead atoms. The summed E-state index contributed by atoms with van der Waals surface area (Å²) in [5.41, 5.74) is 20.7. The Hall–Kier alpha value is -14.9. The molecular formula is C104H81Cl5FN21O2. The molecule has 1 fully saturated rings. The van der Waals surface area contributed by atoms with Crippen molar-refractivity contribution in [1.29, 1.82) is 0 Å². The maximum absolute atomic E-state index is 12.9. The Morgan fingerprint density at radius 2 is 0.594 bits per heavy atom. The van der Waals surface area contributed by atoms with Gasteiger partial charge in [-0.15, -0.1) is 51.0 Å². The predicted molar refractivity (Wildman–Crippen MR) is 525 cm³/mol. The number of alkyl halides is 1. The van der Waals surface area contributed by atoms with E-state index < -0.39 is 6.67 Å². The molecule has 1 atom stereocenters. The lowest BCUT2D eigenvalue weighted by atomic mass is 10.1. The van der Waals surface area contributed by atoms with Crippen LogP contribution in [0.25, 0.3) is 168 Å². The van der Waals surface area contributed by atoms with Gasteiger partial charge in [-0.1, -0.05) is 367 Å². The molecule has 0 amide bonds. The first-order chi connectivity index (χ1) is 65.4. The molecule has 11 aromatic heterocycles. The average molecular weight is 1850 g/mol. The van der Waals surface area contributed by atoms with E-state index in [0.29, 0.717) is 125 Å². The molecule has 22 rings (SSSR count). The first-order valence-electron chi connectivity index (χ1n) is 43.1. The fourth-order valence-corrected chi connectivity index (χ4v) is 17.3. The van der Waals surface area contributed by atoms with E-state index in [1.165, 1.54) is 4.68 Å². The summed E-state index contributed by atoms with van der Waals surface area (Å²) in [4.78, 5) is 15.6. The van der Waals surface area contributed by atoms with Crippen molar-refractivity contribution in [1.82, 2.24) is 105 Å². The number of halogens is 6. The Morgan fingerprint density at radius 1 is 0.331 bits per heavy atom. The minimum absolute atomic E-state index is 0.0971. The number of Topliss-reactive ketones (excluding diaryl/α,β-unsaturated/α-hetero) is 1. The van der Waals surface area contributed by atoms with E-state index >= 15 is 0 Å². The van der Waals surface area contributed by atoms with Crippen molar-refractivity contribution in [2.45, 2.75) is 71.9 Å². The Bertz CT molecular complexity index is 7590. The van der Waals surface area contributed by atoms with Crippen LogP contribution < -0.4 is 0 Å². The van der Waals surface area contributed by atoms with Gasteiger partial charge in [0, 0.05) is 87.6 Å². The van der Waals surface area contributed by atoms with Gasteiger partial charge in [-0.25, -0.2) is 27.8 Å². The Balaban J connectivity index is 0.000000111. The van der Waals surface area contributed by atoms with Crippen molar-refractivity contribution in [2.75, 3.05) is 13.3 Å². The third-order valence-corrected chi connectivity index (χ3v) is 24.0. The number of ether oxygens (including phenoxy) is 1. The van der Waals surface area contributed by atoms with Gasteiger partial charge in [0.1, 0.15) is 69.4 Å². The minimum atomic E-state index is -0.537. The number of aryl methyl sites for hydroxylation is 3. The van der Waals surface area contributed by atoms with Crippen molar-refractivity contribution >= 4 is 119 Å². The molecule has 21 aromatic rings. The Morgan fingerprint density at radius 3 is 0.865 bits per heavy atom. The molecule has 0 saturated carbocycles. The summed E-state index contributed by atoms with van der Waals surface area (Å²) in [6, 6.07) is 102. The van der Waals surface area contributed by atoms with E-state index in [-0.39, 0.29) is 18.4 Å². The number of ketones is 1. The fraction of sp³-hybridized carbons (Fsp3) is 0.125. The predicted octanol–water partition coefficient (Wildman–Crippen LogP) is 24.7. The molecule has 29 heteroatoms. The second-order valence-electron chi connectivity index (χ2n) is 30.9. The maximum Gasteiger partial charge on any atom is 0.182 e. The fourth-order valence-electron chi connectivity index (χ4n) is 15.7. The minimum Gasteiger partial charge on any atom is -0.376 e. The topological polar surface area (TPSA) is 257 Å². The zero-order valence-corrected chi connectivity index (χ0v) is 75.6. The molecule has 133 heavy (non-hydrogen) atoms. The number of nitrogens with zero attached hydrogens (tertiary/aromatic N) is 21. The number of carbonyl (C=O) groups excluding carboxylic acids is 1. The van der Waals surface area contributed by atoms with Crippen molar-refractivity contribution in [2.24, 2.45) is 0 Å². The maximum atomic E-state index is 12.9. The van der Waals surface area contributed by atoms with Gasteiger partial charge in [-0.3, -0.25) is 9.78 Å². The first-order valence-corrected chi connectivity index (χ1v) is 45.0. The lowest BCUT2D eigenvalue weighted by Gasteiger charge is -2.10. The molecule has 23 nitrogen and oxygen atoms in total. The molecule has 1 aliphatic heterocycles. The zero-order chi connectivity index (χ0) is 91.1. The van der Waals surface area contributed by atoms with Crippen LogP contribution in [0.5, 0.6) is 0 Å². The van der Waals surface area contributed by atoms with Crippen LogP contribution in [0.1, 0.15) is 38.7 Å². The molecular weight excluding hydrogens is 1770 g/mol. The summed E-state index contributed by atoms with van der Waals surface area (Å²) < 4.78 is 27.5. The summed E-state index contributed by atoms with van der Waals surface area (Å²) in [6.45, 7) is 6.31. The highest BCUT2D eigenvalue weighted by Gasteiger charge is 2.29. The highest BCUT2D eigenvalue weighted by Crippen LogP contribution is 2.44. The van der Waals surface area contributed by atoms with Crippen LogP contribution in [0.15, 0.2) is 328 Å². The van der Waals surface area contributed by atoms with Crippen molar-refractivity contribution in [3.8, 4) is 113 Å². The van der Waals surface area contributed by atoms with Gasteiger partial charge in [0.25, 0.3) is 0 Å². The Kier molecular flexibility index (Phi) is 27.7. The van der Waals surface area contributed by atoms with Gasteiger partial charge >= 0.3 is 0 Å². The van der Waals surface area contributed by atoms with Crippen LogP contribution in [0, 0.1) is 0 Å². The van der Waals surface area contributed by atoms with Crippen molar-refractivity contribution in [3.63, 3.8) is 0 Å². The molecule has 1 aliphatic rings. The molecule has 0 spiro atoms. The van der Waals surface area contributed by atoms with Gasteiger partial charge in [0.15, 0.2) is 28.2 Å². The number of hydrogen-bond donors (Lipinski definition) is 0. The standard InChI is InChI=1S/C23H16ClN5.C22H19ClN4O.C21H17ClN4O.C19H14ClFN4.C19H15ClN4/c24-20-19-21(17-9-3-1-4-10-17)28-29(15-16-8-7-13-25-14-16)23(19)27-26-22(20)18-11-5-2-6-12-18;23-19-18-20(15-8-3-1-4-9-15)26-27(14-17-12-7-13-28-17)22(18)25-24-21(19)16-10-5-2-6-11-16;1-14(27)12-13-26-21-17(19(25-26)15-8-4-2-5-9-15)18(22)20(23-24-21)16-10-6-3-7-11-16;20-16-15-17(13-7-3-1-4-8-13)24-25(12-11-21)19(15)23-22-18(16)14-9-5-2-6-10-14;1-2-24-19-15(17(23-24)13-9-5-3-6-10-13)16(20)18(21-22-19)14-11-7-4-8-12-14/h1-14H,15H2;1-6,8-11,17H,7,12-14H2;2-11H,12-13H2,1H3;1-10H,11-12H2;3-12H,2H2,1H3/t;17-;;;/m.1.../s1. The lowest BCUT2D eigenvalue weighted by Crippen LogP contribution is -2.16. The van der Waals surface area contributed by atoms with E-state index in [2.05, 4.69) is 61.1 Å². The van der Waals surface area contributed by atoms with Crippen LogP contribution in [-0.2, 0) is 42.3 Å². The van der Waals surface area contributed by atoms with Gasteiger partial charge in [-0.2, -0.15) is 25.5 Å². The molecule has 0 N–H and O–H groups in total. The third kappa shape index (κ3) is 19.4. The van der Waals surface area contributed by atoms with E-state index in [1.54, 1.807) is 17.8 Å². The second-order valence-corrected chi connectivity index (χ2v) is 32.8. The monoisotopic (exact) mass is 1850 g/mol. The van der Waals surface area contributed by atoms with Crippen molar-refractivity contribution < 1.29 is 13.9 Å². The number of fused-ring (bicyclic) bond motifs is 5. The van der Waals surface area contributed by atoms with Gasteiger partial charge in [0.05, 0.1) is 84.3 Å².